The van der Waals surface area contributed by atoms with Gasteiger partial charge in [0.15, 0.2) is 0 Å². The average molecular weight is 332 g/mol. The van der Waals surface area contributed by atoms with Crippen LogP contribution in [0.1, 0.15) is 24.9 Å². The standard InChI is InChI=1S/C16H27Cl2N3/c1-5-19-15(9-10-21(4)12-11-20(2)3)13-7-6-8-14(17)16(13)18/h6-8,15,19H,5,9-12H2,1-4H3. The van der Waals surface area contributed by atoms with Crippen LogP contribution in [0.25, 0.3) is 0 Å². The van der Waals surface area contributed by atoms with E-state index in [1.165, 1.54) is 0 Å². The largest absolute Gasteiger partial charge is 0.310 e. The van der Waals surface area contributed by atoms with Crippen LogP contribution in [0.3, 0.4) is 0 Å². The summed E-state index contributed by atoms with van der Waals surface area (Å²) in [6.45, 7) is 6.18. The van der Waals surface area contributed by atoms with Crippen molar-refractivity contribution in [2.24, 2.45) is 0 Å². The van der Waals surface area contributed by atoms with Gasteiger partial charge in [-0.05, 0) is 52.3 Å². The van der Waals surface area contributed by atoms with Crippen LogP contribution >= 0.6 is 23.2 Å². The molecule has 0 saturated carbocycles. The third-order valence-electron chi connectivity index (χ3n) is 3.54. The highest BCUT2D eigenvalue weighted by molar-refractivity contribution is 6.42. The molecule has 1 rings (SSSR count). The lowest BCUT2D eigenvalue weighted by Gasteiger charge is -2.24. The van der Waals surface area contributed by atoms with Crippen molar-refractivity contribution in [2.75, 3.05) is 47.3 Å². The summed E-state index contributed by atoms with van der Waals surface area (Å²) in [6, 6.07) is 6.09. The molecule has 5 heteroatoms. The summed E-state index contributed by atoms with van der Waals surface area (Å²) in [5.74, 6) is 0. The normalized spacial score (nSPS) is 13.1. The maximum Gasteiger partial charge on any atom is 0.0640 e. The van der Waals surface area contributed by atoms with Gasteiger partial charge in [0, 0.05) is 19.1 Å². The molecule has 120 valence electrons. The zero-order chi connectivity index (χ0) is 15.8. The Kier molecular flexibility index (Phi) is 8.60. The van der Waals surface area contributed by atoms with Crippen LogP contribution in [0.15, 0.2) is 18.2 Å². The molecule has 1 aromatic rings. The summed E-state index contributed by atoms with van der Waals surface area (Å²) in [5.41, 5.74) is 1.09. The van der Waals surface area contributed by atoms with Crippen molar-refractivity contribution in [2.45, 2.75) is 19.4 Å². The first-order chi connectivity index (χ1) is 9.95. The van der Waals surface area contributed by atoms with E-state index in [9.17, 15) is 0 Å². The molecule has 0 spiro atoms. The first-order valence-electron chi connectivity index (χ1n) is 7.46. The van der Waals surface area contributed by atoms with Crippen LogP contribution in [-0.4, -0.2) is 57.1 Å². The second-order valence-corrected chi connectivity index (χ2v) is 6.43. The summed E-state index contributed by atoms with van der Waals surface area (Å²) >= 11 is 12.5. The lowest BCUT2D eigenvalue weighted by molar-refractivity contribution is 0.268. The Morgan fingerprint density at radius 3 is 2.43 bits per heavy atom. The first-order valence-corrected chi connectivity index (χ1v) is 8.21. The lowest BCUT2D eigenvalue weighted by Crippen LogP contribution is -2.32. The van der Waals surface area contributed by atoms with Crippen molar-refractivity contribution >= 4 is 23.2 Å². The second kappa shape index (κ2) is 9.65. The predicted molar refractivity (Wildman–Crippen MR) is 93.5 cm³/mol. The molecule has 0 aliphatic rings. The molecule has 0 radical (unpaired) electrons. The van der Waals surface area contributed by atoms with E-state index in [4.69, 9.17) is 23.2 Å². The molecule has 1 N–H and O–H groups in total. The van der Waals surface area contributed by atoms with Crippen LogP contribution in [0, 0.1) is 0 Å². The molecule has 0 amide bonds. The summed E-state index contributed by atoms with van der Waals surface area (Å²) in [7, 11) is 6.36. The zero-order valence-electron chi connectivity index (χ0n) is 13.5. The Morgan fingerprint density at radius 2 is 1.81 bits per heavy atom. The minimum Gasteiger partial charge on any atom is -0.310 e. The van der Waals surface area contributed by atoms with E-state index >= 15 is 0 Å². The van der Waals surface area contributed by atoms with Crippen molar-refractivity contribution in [1.29, 1.82) is 0 Å². The first kappa shape index (κ1) is 18.7. The molecule has 1 aromatic carbocycles. The summed E-state index contributed by atoms with van der Waals surface area (Å²) < 4.78 is 0. The molecule has 0 aliphatic carbocycles. The predicted octanol–water partition coefficient (Wildman–Crippen LogP) is 3.53. The molecule has 21 heavy (non-hydrogen) atoms. The van der Waals surface area contributed by atoms with Gasteiger partial charge < -0.3 is 15.1 Å². The van der Waals surface area contributed by atoms with Crippen molar-refractivity contribution in [3.05, 3.63) is 33.8 Å². The number of hydrogen-bond donors (Lipinski definition) is 1. The number of hydrogen-bond acceptors (Lipinski definition) is 3. The molecule has 0 bridgehead atoms. The Morgan fingerprint density at radius 1 is 1.10 bits per heavy atom. The average Bonchev–Trinajstić information content (AvgIpc) is 2.44. The van der Waals surface area contributed by atoms with Gasteiger partial charge in [-0.3, -0.25) is 0 Å². The third-order valence-corrected chi connectivity index (χ3v) is 4.37. The topological polar surface area (TPSA) is 18.5 Å². The minimum atomic E-state index is 0.239. The van der Waals surface area contributed by atoms with Crippen molar-refractivity contribution < 1.29 is 0 Å². The van der Waals surface area contributed by atoms with Gasteiger partial charge in [-0.2, -0.15) is 0 Å². The highest BCUT2D eigenvalue weighted by Gasteiger charge is 2.16. The van der Waals surface area contributed by atoms with E-state index in [2.05, 4.69) is 49.2 Å². The highest BCUT2D eigenvalue weighted by atomic mass is 35.5. The van der Waals surface area contributed by atoms with E-state index in [1.807, 2.05) is 12.1 Å². The molecule has 1 atom stereocenters. The molecule has 0 aromatic heterocycles. The second-order valence-electron chi connectivity index (χ2n) is 5.65. The van der Waals surface area contributed by atoms with Gasteiger partial charge in [0.25, 0.3) is 0 Å². The van der Waals surface area contributed by atoms with Gasteiger partial charge in [-0.1, -0.05) is 42.3 Å². The molecule has 1 unspecified atom stereocenters. The van der Waals surface area contributed by atoms with E-state index in [0.29, 0.717) is 10.0 Å². The number of likely N-dealkylation sites (N-methyl/N-ethyl adjacent to an activating group) is 2. The molecule has 0 heterocycles. The lowest BCUT2D eigenvalue weighted by atomic mass is 10.0. The van der Waals surface area contributed by atoms with E-state index in [1.54, 1.807) is 0 Å². The van der Waals surface area contributed by atoms with Crippen LogP contribution in [0.5, 0.6) is 0 Å². The van der Waals surface area contributed by atoms with Crippen LogP contribution in [0.2, 0.25) is 10.0 Å². The number of nitrogens with one attached hydrogen (secondary N) is 1. The Hall–Kier alpha value is -0.320. The van der Waals surface area contributed by atoms with Gasteiger partial charge in [0.2, 0.25) is 0 Å². The smallest absolute Gasteiger partial charge is 0.0640 e. The maximum absolute atomic E-state index is 6.35. The van der Waals surface area contributed by atoms with E-state index in [-0.39, 0.29) is 6.04 Å². The summed E-state index contributed by atoms with van der Waals surface area (Å²) in [6.07, 6.45) is 1.01. The zero-order valence-corrected chi connectivity index (χ0v) is 15.0. The van der Waals surface area contributed by atoms with Crippen LogP contribution in [-0.2, 0) is 0 Å². The fraction of sp³-hybridized carbons (Fsp3) is 0.625. The molecule has 3 nitrogen and oxygen atoms in total. The van der Waals surface area contributed by atoms with Gasteiger partial charge in [-0.15, -0.1) is 0 Å². The van der Waals surface area contributed by atoms with Crippen LogP contribution in [0.4, 0.5) is 0 Å². The maximum atomic E-state index is 6.35. The monoisotopic (exact) mass is 331 g/mol. The summed E-state index contributed by atoms with van der Waals surface area (Å²) in [4.78, 5) is 4.55. The minimum absolute atomic E-state index is 0.239. The number of nitrogens with zero attached hydrogens (tertiary/aromatic N) is 2. The molecule has 0 aliphatic heterocycles. The Balaban J connectivity index is 2.63. The quantitative estimate of drug-likeness (QED) is 0.746. The Bertz CT molecular complexity index is 424. The van der Waals surface area contributed by atoms with Crippen molar-refractivity contribution in [3.8, 4) is 0 Å². The molecular formula is C16H27Cl2N3. The van der Waals surface area contributed by atoms with Crippen LogP contribution < -0.4 is 5.32 Å². The fourth-order valence-corrected chi connectivity index (χ4v) is 2.68. The number of benzene rings is 1. The van der Waals surface area contributed by atoms with Crippen molar-refractivity contribution in [3.63, 3.8) is 0 Å². The Labute approximate surface area is 139 Å². The summed E-state index contributed by atoms with van der Waals surface area (Å²) in [5, 5.41) is 4.80. The molecule has 0 saturated heterocycles. The highest BCUT2D eigenvalue weighted by Crippen LogP contribution is 2.31. The van der Waals surface area contributed by atoms with Gasteiger partial charge in [0.1, 0.15) is 0 Å². The number of rotatable bonds is 9. The van der Waals surface area contributed by atoms with Gasteiger partial charge in [0.05, 0.1) is 10.0 Å². The molecule has 0 fully saturated rings. The van der Waals surface area contributed by atoms with E-state index < -0.39 is 0 Å². The van der Waals surface area contributed by atoms with Gasteiger partial charge >= 0.3 is 0 Å². The molecular weight excluding hydrogens is 305 g/mol. The van der Waals surface area contributed by atoms with E-state index in [0.717, 1.165) is 38.2 Å². The number of halogens is 2. The van der Waals surface area contributed by atoms with Gasteiger partial charge in [-0.25, -0.2) is 0 Å². The SMILES string of the molecule is CCNC(CCN(C)CCN(C)C)c1cccc(Cl)c1Cl. The van der Waals surface area contributed by atoms with Crippen molar-refractivity contribution in [1.82, 2.24) is 15.1 Å². The fourth-order valence-electron chi connectivity index (χ4n) is 2.24. The third kappa shape index (κ3) is 6.54.